The monoisotopic (exact) mass is 422 g/mol. The number of carboxylic acid groups (broad SMARTS) is 2. The van der Waals surface area contributed by atoms with E-state index in [2.05, 4.69) is 4.72 Å². The smallest absolute Gasteiger partial charge is 0.414 e. The first-order valence-corrected chi connectivity index (χ1v) is 10.2. The Balaban J connectivity index is 0.000000612. The molecule has 158 valence electrons. The zero-order chi connectivity index (χ0) is 22.2. The van der Waals surface area contributed by atoms with E-state index in [9.17, 15) is 8.42 Å². The first-order valence-electron chi connectivity index (χ1n) is 8.70. The van der Waals surface area contributed by atoms with Crippen LogP contribution in [-0.2, 0) is 19.6 Å². The number of benzene rings is 2. The number of hydrogen-bond acceptors (Lipinski definition) is 5. The zero-order valence-corrected chi connectivity index (χ0v) is 17.6. The standard InChI is InChI=1S/C18H24N2O2S.C2H2O4/c1-14-10-11-15(2)18(12-14)23(21,22)19-13-17(20(3)4)16-8-6-5-7-9-16;3-1(4)2(5)6/h5-12,17,19H,13H2,1-4H3;(H,3,4)(H,5,6). The molecule has 0 aliphatic rings. The summed E-state index contributed by atoms with van der Waals surface area (Å²) in [6.07, 6.45) is 0. The third-order valence-corrected chi connectivity index (χ3v) is 5.66. The van der Waals surface area contributed by atoms with Crippen LogP contribution >= 0.6 is 0 Å². The lowest BCUT2D eigenvalue weighted by Crippen LogP contribution is -2.34. The fourth-order valence-electron chi connectivity index (χ4n) is 2.54. The predicted molar refractivity (Wildman–Crippen MR) is 109 cm³/mol. The maximum absolute atomic E-state index is 12.6. The van der Waals surface area contributed by atoms with Crippen molar-refractivity contribution in [2.75, 3.05) is 20.6 Å². The van der Waals surface area contributed by atoms with E-state index < -0.39 is 22.0 Å². The number of carboxylic acids is 2. The molecule has 0 heterocycles. The first-order chi connectivity index (χ1) is 13.5. The topological polar surface area (TPSA) is 124 Å². The van der Waals surface area contributed by atoms with E-state index in [1.54, 1.807) is 6.07 Å². The normalized spacial score (nSPS) is 12.0. The highest BCUT2D eigenvalue weighted by Crippen LogP contribution is 2.20. The van der Waals surface area contributed by atoms with Crippen LogP contribution in [0.3, 0.4) is 0 Å². The summed E-state index contributed by atoms with van der Waals surface area (Å²) >= 11 is 0. The summed E-state index contributed by atoms with van der Waals surface area (Å²) in [5.41, 5.74) is 2.77. The van der Waals surface area contributed by atoms with Crippen LogP contribution in [0.5, 0.6) is 0 Å². The van der Waals surface area contributed by atoms with E-state index in [0.717, 1.165) is 16.7 Å². The molecule has 0 aliphatic carbocycles. The largest absolute Gasteiger partial charge is 0.473 e. The number of sulfonamides is 1. The van der Waals surface area contributed by atoms with Crippen molar-refractivity contribution in [3.63, 3.8) is 0 Å². The molecule has 0 radical (unpaired) electrons. The highest BCUT2D eigenvalue weighted by atomic mass is 32.2. The van der Waals surface area contributed by atoms with E-state index in [-0.39, 0.29) is 6.04 Å². The van der Waals surface area contributed by atoms with Crippen molar-refractivity contribution < 1.29 is 28.2 Å². The van der Waals surface area contributed by atoms with Crippen LogP contribution in [-0.4, -0.2) is 56.1 Å². The number of rotatable bonds is 6. The van der Waals surface area contributed by atoms with Crippen molar-refractivity contribution >= 4 is 22.0 Å². The molecule has 3 N–H and O–H groups in total. The number of hydrogen-bond donors (Lipinski definition) is 3. The molecule has 0 fully saturated rings. The molecule has 0 spiro atoms. The van der Waals surface area contributed by atoms with Gasteiger partial charge in [-0.2, -0.15) is 0 Å². The van der Waals surface area contributed by atoms with Crippen LogP contribution in [0.25, 0.3) is 0 Å². The maximum atomic E-state index is 12.6. The molecule has 9 heteroatoms. The van der Waals surface area contributed by atoms with Gasteiger partial charge in [-0.3, -0.25) is 0 Å². The van der Waals surface area contributed by atoms with Gasteiger partial charge in [0.2, 0.25) is 10.0 Å². The molecule has 2 rings (SSSR count). The van der Waals surface area contributed by atoms with Gasteiger partial charge in [0.1, 0.15) is 0 Å². The molecule has 29 heavy (non-hydrogen) atoms. The van der Waals surface area contributed by atoms with Crippen molar-refractivity contribution in [3.05, 3.63) is 65.2 Å². The number of aliphatic carboxylic acids is 2. The minimum Gasteiger partial charge on any atom is -0.473 e. The van der Waals surface area contributed by atoms with E-state index in [1.165, 1.54) is 0 Å². The SMILES string of the molecule is Cc1ccc(C)c(S(=O)(=O)NCC(c2ccccc2)N(C)C)c1.O=C(O)C(=O)O. The molecule has 8 nitrogen and oxygen atoms in total. The molecule has 0 saturated carbocycles. The van der Waals surface area contributed by atoms with Crippen LogP contribution in [0.4, 0.5) is 0 Å². The number of likely N-dealkylation sites (N-methyl/N-ethyl adjacent to an activating group) is 1. The molecular weight excluding hydrogens is 396 g/mol. The average Bonchev–Trinajstić information content (AvgIpc) is 2.64. The molecule has 0 aliphatic heterocycles. The Kier molecular flexibility index (Phi) is 8.96. The fraction of sp³-hybridized carbons (Fsp3) is 0.300. The lowest BCUT2D eigenvalue weighted by atomic mass is 10.1. The molecule has 1 atom stereocenters. The number of nitrogens with zero attached hydrogens (tertiary/aromatic N) is 1. The molecule has 2 aromatic carbocycles. The van der Waals surface area contributed by atoms with E-state index in [0.29, 0.717) is 11.4 Å². The van der Waals surface area contributed by atoms with Gasteiger partial charge in [-0.05, 0) is 50.7 Å². The second-order valence-corrected chi connectivity index (χ2v) is 8.36. The second-order valence-electron chi connectivity index (χ2n) is 6.62. The van der Waals surface area contributed by atoms with Crippen LogP contribution in [0.15, 0.2) is 53.4 Å². The second kappa shape index (κ2) is 10.7. The number of aryl methyl sites for hydroxylation is 2. The van der Waals surface area contributed by atoms with Crippen molar-refractivity contribution in [3.8, 4) is 0 Å². The highest BCUT2D eigenvalue weighted by Gasteiger charge is 2.21. The van der Waals surface area contributed by atoms with Gasteiger partial charge in [-0.1, -0.05) is 42.5 Å². The van der Waals surface area contributed by atoms with E-state index >= 15 is 0 Å². The first kappa shape index (κ1) is 24.3. The van der Waals surface area contributed by atoms with Gasteiger partial charge in [-0.25, -0.2) is 22.7 Å². The average molecular weight is 423 g/mol. The summed E-state index contributed by atoms with van der Waals surface area (Å²) in [4.78, 5) is 20.6. The maximum Gasteiger partial charge on any atom is 0.414 e. The third kappa shape index (κ3) is 7.65. The van der Waals surface area contributed by atoms with Crippen LogP contribution in [0.2, 0.25) is 0 Å². The van der Waals surface area contributed by atoms with Crippen molar-refractivity contribution in [1.82, 2.24) is 9.62 Å². The molecule has 1 unspecified atom stereocenters. The number of carbonyl (C=O) groups is 2. The molecule has 0 bridgehead atoms. The third-order valence-electron chi connectivity index (χ3n) is 4.09. The van der Waals surface area contributed by atoms with Gasteiger partial charge < -0.3 is 15.1 Å². The lowest BCUT2D eigenvalue weighted by Gasteiger charge is -2.25. The van der Waals surface area contributed by atoms with Crippen molar-refractivity contribution in [2.45, 2.75) is 24.8 Å². The Morgan fingerprint density at radius 1 is 1.00 bits per heavy atom. The Morgan fingerprint density at radius 3 is 2.03 bits per heavy atom. The van der Waals surface area contributed by atoms with Gasteiger partial charge in [0.15, 0.2) is 0 Å². The van der Waals surface area contributed by atoms with Crippen molar-refractivity contribution in [2.24, 2.45) is 0 Å². The van der Waals surface area contributed by atoms with E-state index in [4.69, 9.17) is 19.8 Å². The van der Waals surface area contributed by atoms with Gasteiger partial charge in [0.05, 0.1) is 4.90 Å². The summed E-state index contributed by atoms with van der Waals surface area (Å²) in [5.74, 6) is -3.65. The molecule has 0 saturated heterocycles. The summed E-state index contributed by atoms with van der Waals surface area (Å²) in [7, 11) is 0.370. The van der Waals surface area contributed by atoms with Crippen molar-refractivity contribution in [1.29, 1.82) is 0 Å². The molecule has 0 aromatic heterocycles. The summed E-state index contributed by atoms with van der Waals surface area (Å²) < 4.78 is 28.0. The predicted octanol–water partition coefficient (Wildman–Crippen LogP) is 2.04. The molecule has 2 aromatic rings. The summed E-state index contributed by atoms with van der Waals surface area (Å²) in [5, 5.41) is 14.8. The zero-order valence-electron chi connectivity index (χ0n) is 16.8. The van der Waals surface area contributed by atoms with E-state index in [1.807, 2.05) is 75.3 Å². The fourth-order valence-corrected chi connectivity index (χ4v) is 3.90. The Hall–Kier alpha value is -2.75. The van der Waals surface area contributed by atoms with Crippen LogP contribution < -0.4 is 4.72 Å². The van der Waals surface area contributed by atoms with Crippen LogP contribution in [0.1, 0.15) is 22.7 Å². The van der Waals surface area contributed by atoms with Crippen LogP contribution in [0, 0.1) is 13.8 Å². The van der Waals surface area contributed by atoms with Gasteiger partial charge in [-0.15, -0.1) is 0 Å². The number of nitrogens with one attached hydrogen (secondary N) is 1. The van der Waals surface area contributed by atoms with Gasteiger partial charge >= 0.3 is 11.9 Å². The summed E-state index contributed by atoms with van der Waals surface area (Å²) in [6, 6.07) is 15.4. The molecular formula is C20H26N2O6S. The van der Waals surface area contributed by atoms with Gasteiger partial charge in [0.25, 0.3) is 0 Å². The molecule has 0 amide bonds. The van der Waals surface area contributed by atoms with Gasteiger partial charge in [0, 0.05) is 12.6 Å². The Morgan fingerprint density at radius 2 is 1.55 bits per heavy atom. The summed E-state index contributed by atoms with van der Waals surface area (Å²) in [6.45, 7) is 4.03. The quantitative estimate of drug-likeness (QED) is 0.609. The highest BCUT2D eigenvalue weighted by molar-refractivity contribution is 7.89. The Bertz CT molecular complexity index is 931. The minimum absolute atomic E-state index is 0.0175. The lowest BCUT2D eigenvalue weighted by molar-refractivity contribution is -0.159. The minimum atomic E-state index is -3.53. The Labute approximate surface area is 170 Å².